The van der Waals surface area contributed by atoms with Gasteiger partial charge in [-0.2, -0.15) is 0 Å². The van der Waals surface area contributed by atoms with E-state index in [0.29, 0.717) is 12.5 Å². The Morgan fingerprint density at radius 1 is 1.29 bits per heavy atom. The summed E-state index contributed by atoms with van der Waals surface area (Å²) in [4.78, 5) is 0. The zero-order valence-electron chi connectivity index (χ0n) is 12.9. The van der Waals surface area contributed by atoms with Crippen molar-refractivity contribution in [3.63, 3.8) is 0 Å². The first-order chi connectivity index (χ1) is 10.1. The van der Waals surface area contributed by atoms with Gasteiger partial charge < -0.3 is 10.1 Å². The fourth-order valence-corrected chi connectivity index (χ4v) is 4.01. The van der Waals surface area contributed by atoms with E-state index in [1.165, 1.54) is 11.1 Å². The fraction of sp³-hybridized carbons (Fsp3) is 0.625. The normalized spacial score (nSPS) is 17.7. The second-order valence-corrected chi connectivity index (χ2v) is 7.81. The smallest absolute Gasteiger partial charge is 0.153 e. The Morgan fingerprint density at radius 3 is 2.81 bits per heavy atom. The van der Waals surface area contributed by atoms with Gasteiger partial charge in [0.2, 0.25) is 0 Å². The molecule has 21 heavy (non-hydrogen) atoms. The van der Waals surface area contributed by atoms with Gasteiger partial charge >= 0.3 is 0 Å². The first-order valence-corrected chi connectivity index (χ1v) is 9.57. The van der Waals surface area contributed by atoms with Gasteiger partial charge in [-0.25, -0.2) is 8.42 Å². The molecular weight excluding hydrogens is 286 g/mol. The zero-order valence-corrected chi connectivity index (χ0v) is 13.7. The fourth-order valence-electron chi connectivity index (χ4n) is 2.84. The quantitative estimate of drug-likeness (QED) is 0.801. The summed E-state index contributed by atoms with van der Waals surface area (Å²) in [5.74, 6) is 1.11. The highest BCUT2D eigenvalue weighted by molar-refractivity contribution is 7.91. The van der Waals surface area contributed by atoms with E-state index < -0.39 is 9.84 Å². The van der Waals surface area contributed by atoms with Crippen LogP contribution in [0.4, 0.5) is 0 Å². The maximum Gasteiger partial charge on any atom is 0.153 e. The van der Waals surface area contributed by atoms with E-state index in [-0.39, 0.29) is 18.1 Å². The summed E-state index contributed by atoms with van der Waals surface area (Å²) in [6, 6.07) is 6.55. The van der Waals surface area contributed by atoms with Crippen LogP contribution < -0.4 is 10.1 Å². The number of ether oxygens (including phenoxy) is 1. The third-order valence-electron chi connectivity index (χ3n) is 3.82. The number of hydrogen-bond acceptors (Lipinski definition) is 4. The van der Waals surface area contributed by atoms with Crippen molar-refractivity contribution in [2.45, 2.75) is 39.2 Å². The highest BCUT2D eigenvalue weighted by Crippen LogP contribution is 2.33. The molecule has 0 aromatic heterocycles. The maximum atomic E-state index is 11.6. The van der Waals surface area contributed by atoms with Crippen LogP contribution in [0.3, 0.4) is 0 Å². The number of aryl methyl sites for hydroxylation is 1. The van der Waals surface area contributed by atoms with Crippen molar-refractivity contribution in [1.29, 1.82) is 0 Å². The number of nitrogens with one attached hydrogen (secondary N) is 1. The standard InChI is InChI=1S/C16H25NO3S/c1-3-10-21(18,19)11-9-20-14-6-7-15-13(12-14)5-8-16(15)17-4-2/h6-7,12,16-17H,3-5,8-11H2,1-2H3. The van der Waals surface area contributed by atoms with Gasteiger partial charge in [-0.3, -0.25) is 0 Å². The molecule has 0 fully saturated rings. The summed E-state index contributed by atoms with van der Waals surface area (Å²) in [6.07, 6.45) is 2.84. The predicted octanol–water partition coefficient (Wildman–Crippen LogP) is 2.49. The Bertz CT molecular complexity index is 569. The lowest BCUT2D eigenvalue weighted by molar-refractivity contribution is 0.340. The number of rotatable bonds is 8. The van der Waals surface area contributed by atoms with Crippen LogP contribution in [0.1, 0.15) is 43.9 Å². The number of hydrogen-bond donors (Lipinski definition) is 1. The molecule has 0 saturated carbocycles. The second kappa shape index (κ2) is 7.27. The molecule has 1 atom stereocenters. The highest BCUT2D eigenvalue weighted by Gasteiger charge is 2.21. The molecule has 0 radical (unpaired) electrons. The summed E-state index contributed by atoms with van der Waals surface area (Å²) >= 11 is 0. The van der Waals surface area contributed by atoms with E-state index in [1.807, 2.05) is 13.0 Å². The molecule has 118 valence electrons. The van der Waals surface area contributed by atoms with Crippen molar-refractivity contribution in [2.24, 2.45) is 0 Å². The maximum absolute atomic E-state index is 11.6. The minimum absolute atomic E-state index is 0.0952. The van der Waals surface area contributed by atoms with Crippen LogP contribution in [0, 0.1) is 0 Å². The minimum atomic E-state index is -2.96. The van der Waals surface area contributed by atoms with Crippen molar-refractivity contribution in [2.75, 3.05) is 24.7 Å². The first kappa shape index (κ1) is 16.3. The Hall–Kier alpha value is -1.07. The van der Waals surface area contributed by atoms with Crippen LogP contribution in [-0.2, 0) is 16.3 Å². The van der Waals surface area contributed by atoms with Crippen molar-refractivity contribution < 1.29 is 13.2 Å². The molecule has 1 aromatic carbocycles. The monoisotopic (exact) mass is 311 g/mol. The third kappa shape index (κ3) is 4.45. The predicted molar refractivity (Wildman–Crippen MR) is 85.6 cm³/mol. The van der Waals surface area contributed by atoms with Crippen LogP contribution >= 0.6 is 0 Å². The molecular formula is C16H25NO3S. The molecule has 1 aliphatic carbocycles. The highest BCUT2D eigenvalue weighted by atomic mass is 32.2. The van der Waals surface area contributed by atoms with Crippen LogP contribution in [0.2, 0.25) is 0 Å². The lowest BCUT2D eigenvalue weighted by Gasteiger charge is -2.13. The molecule has 4 nitrogen and oxygen atoms in total. The van der Waals surface area contributed by atoms with Crippen molar-refractivity contribution in [3.8, 4) is 5.75 Å². The third-order valence-corrected chi connectivity index (χ3v) is 5.64. The van der Waals surface area contributed by atoms with E-state index in [9.17, 15) is 8.42 Å². The molecule has 0 saturated heterocycles. The summed E-state index contributed by atoms with van der Waals surface area (Å²) in [6.45, 7) is 5.20. The van der Waals surface area contributed by atoms with E-state index in [2.05, 4.69) is 24.4 Å². The Kier molecular flexibility index (Phi) is 5.65. The molecule has 0 amide bonds. The molecule has 0 bridgehead atoms. The van der Waals surface area contributed by atoms with E-state index in [1.54, 1.807) is 0 Å². The van der Waals surface area contributed by atoms with Gasteiger partial charge in [0.05, 0.1) is 11.5 Å². The second-order valence-electron chi connectivity index (χ2n) is 5.51. The van der Waals surface area contributed by atoms with Gasteiger partial charge in [0.25, 0.3) is 0 Å². The molecule has 1 N–H and O–H groups in total. The van der Waals surface area contributed by atoms with Crippen molar-refractivity contribution in [3.05, 3.63) is 29.3 Å². The van der Waals surface area contributed by atoms with E-state index in [0.717, 1.165) is 25.1 Å². The largest absolute Gasteiger partial charge is 0.493 e. The molecule has 1 aromatic rings. The Labute approximate surface area is 127 Å². The molecule has 0 heterocycles. The van der Waals surface area contributed by atoms with Crippen LogP contribution in [0.5, 0.6) is 5.75 Å². The lowest BCUT2D eigenvalue weighted by atomic mass is 10.1. The first-order valence-electron chi connectivity index (χ1n) is 7.75. The van der Waals surface area contributed by atoms with Crippen LogP contribution in [-0.4, -0.2) is 33.1 Å². The number of benzene rings is 1. The summed E-state index contributed by atoms with van der Waals surface area (Å²) in [7, 11) is -2.96. The SMILES string of the molecule is CCCS(=O)(=O)CCOc1ccc2c(c1)CCC2NCC. The van der Waals surface area contributed by atoms with Crippen molar-refractivity contribution >= 4 is 9.84 Å². The van der Waals surface area contributed by atoms with Gasteiger partial charge in [-0.1, -0.05) is 19.9 Å². The molecule has 0 spiro atoms. The molecule has 1 aliphatic rings. The van der Waals surface area contributed by atoms with Crippen LogP contribution in [0.25, 0.3) is 0 Å². The van der Waals surface area contributed by atoms with Gasteiger partial charge in [0.15, 0.2) is 9.84 Å². The lowest BCUT2D eigenvalue weighted by Crippen LogP contribution is -2.18. The number of sulfone groups is 1. The van der Waals surface area contributed by atoms with Crippen molar-refractivity contribution in [1.82, 2.24) is 5.32 Å². The number of fused-ring (bicyclic) bond motifs is 1. The average molecular weight is 311 g/mol. The summed E-state index contributed by atoms with van der Waals surface area (Å²) < 4.78 is 28.9. The average Bonchev–Trinajstić information content (AvgIpc) is 2.81. The Balaban J connectivity index is 1.92. The minimum Gasteiger partial charge on any atom is -0.493 e. The van der Waals surface area contributed by atoms with Crippen LogP contribution in [0.15, 0.2) is 18.2 Å². The summed E-state index contributed by atoms with van der Waals surface area (Å²) in [5.41, 5.74) is 2.66. The molecule has 5 heteroatoms. The zero-order chi connectivity index (χ0) is 15.3. The van der Waals surface area contributed by atoms with Gasteiger partial charge in [-0.15, -0.1) is 0 Å². The van der Waals surface area contributed by atoms with Gasteiger partial charge in [0, 0.05) is 6.04 Å². The van der Waals surface area contributed by atoms with Gasteiger partial charge in [0.1, 0.15) is 12.4 Å². The van der Waals surface area contributed by atoms with E-state index >= 15 is 0 Å². The molecule has 2 rings (SSSR count). The topological polar surface area (TPSA) is 55.4 Å². The molecule has 0 aliphatic heterocycles. The Morgan fingerprint density at radius 2 is 2.10 bits per heavy atom. The molecule has 1 unspecified atom stereocenters. The van der Waals surface area contributed by atoms with E-state index in [4.69, 9.17) is 4.74 Å². The summed E-state index contributed by atoms with van der Waals surface area (Å²) in [5, 5.41) is 3.48. The van der Waals surface area contributed by atoms with Gasteiger partial charge in [-0.05, 0) is 49.1 Å².